The number of nitrogens with one attached hydrogen (secondary N) is 1. The maximum Gasteiger partial charge on any atom is 0.243 e. The van der Waals surface area contributed by atoms with E-state index in [0.717, 1.165) is 11.8 Å². The largest absolute Gasteiger partial charge is 0.486 e. The lowest BCUT2D eigenvalue weighted by Gasteiger charge is -2.33. The predicted octanol–water partition coefficient (Wildman–Crippen LogP) is 4.38. The highest BCUT2D eigenvalue weighted by atomic mass is 35.5. The number of ether oxygens (including phenoxy) is 2. The lowest BCUT2D eigenvalue weighted by Crippen LogP contribution is -2.53. The van der Waals surface area contributed by atoms with Crippen molar-refractivity contribution < 1.29 is 27.5 Å². The quantitative estimate of drug-likeness (QED) is 0.423. The van der Waals surface area contributed by atoms with Crippen molar-refractivity contribution in [1.29, 1.82) is 0 Å². The van der Waals surface area contributed by atoms with E-state index in [1.54, 1.807) is 30.3 Å². The molecule has 2 amide bonds. The van der Waals surface area contributed by atoms with Crippen LogP contribution in [0.5, 0.6) is 11.5 Å². The van der Waals surface area contributed by atoms with Gasteiger partial charge in [0, 0.05) is 36.1 Å². The fraction of sp³-hybridized carbons (Fsp3) is 0.500. The Balaban J connectivity index is 1.79. The highest BCUT2D eigenvalue weighted by molar-refractivity contribution is 7.92. The average molecular weight is 580 g/mol. The van der Waals surface area contributed by atoms with Crippen LogP contribution in [-0.2, 0) is 26.2 Å². The van der Waals surface area contributed by atoms with E-state index in [0.29, 0.717) is 41.8 Å². The highest BCUT2D eigenvalue weighted by Gasteiger charge is 2.31. The summed E-state index contributed by atoms with van der Waals surface area (Å²) >= 11 is 6.39. The minimum atomic E-state index is -3.64. The van der Waals surface area contributed by atoms with Crippen molar-refractivity contribution in [2.24, 2.45) is 0 Å². The molecule has 0 saturated carbocycles. The van der Waals surface area contributed by atoms with Gasteiger partial charge in [0.05, 0.1) is 11.9 Å². The lowest BCUT2D eigenvalue weighted by atomic mass is 10.0. The van der Waals surface area contributed by atoms with Crippen molar-refractivity contribution in [3.05, 3.63) is 53.1 Å². The van der Waals surface area contributed by atoms with E-state index in [1.165, 1.54) is 9.21 Å². The van der Waals surface area contributed by atoms with Gasteiger partial charge in [0.15, 0.2) is 11.5 Å². The minimum Gasteiger partial charge on any atom is -0.486 e. The number of carbonyl (C=O) groups is 2. The van der Waals surface area contributed by atoms with Crippen molar-refractivity contribution >= 4 is 39.1 Å². The SMILES string of the molecule is CCC(C(=O)NC(C)(C)C)N(Cc1ccccc1Cl)C(=O)CCCN(c1ccc2c(c1)OCCO2)S(C)(=O)=O. The molecule has 0 aliphatic carbocycles. The average Bonchev–Trinajstić information content (AvgIpc) is 2.85. The molecule has 1 heterocycles. The molecule has 9 nitrogen and oxygen atoms in total. The second kappa shape index (κ2) is 12.9. The van der Waals surface area contributed by atoms with Crippen LogP contribution in [0.25, 0.3) is 0 Å². The van der Waals surface area contributed by atoms with Gasteiger partial charge in [-0.15, -0.1) is 0 Å². The first-order valence-electron chi connectivity index (χ1n) is 13.0. The zero-order valence-electron chi connectivity index (χ0n) is 23.2. The number of hydrogen-bond donors (Lipinski definition) is 1. The van der Waals surface area contributed by atoms with Crippen molar-refractivity contribution in [2.45, 2.75) is 65.1 Å². The van der Waals surface area contributed by atoms with E-state index < -0.39 is 21.6 Å². The van der Waals surface area contributed by atoms with Gasteiger partial charge in [0.25, 0.3) is 0 Å². The number of nitrogens with zero attached hydrogens (tertiary/aromatic N) is 2. The molecule has 11 heteroatoms. The van der Waals surface area contributed by atoms with E-state index in [1.807, 2.05) is 39.8 Å². The monoisotopic (exact) mass is 579 g/mol. The summed E-state index contributed by atoms with van der Waals surface area (Å²) in [7, 11) is -3.64. The van der Waals surface area contributed by atoms with Crippen molar-refractivity contribution in [1.82, 2.24) is 10.2 Å². The van der Waals surface area contributed by atoms with Crippen LogP contribution in [0.3, 0.4) is 0 Å². The zero-order valence-corrected chi connectivity index (χ0v) is 24.8. The summed E-state index contributed by atoms with van der Waals surface area (Å²) in [6.45, 7) is 8.56. The first-order valence-corrected chi connectivity index (χ1v) is 15.2. The van der Waals surface area contributed by atoms with E-state index in [4.69, 9.17) is 21.1 Å². The van der Waals surface area contributed by atoms with Gasteiger partial charge in [-0.3, -0.25) is 13.9 Å². The standard InChI is InChI=1S/C28H38ClN3O6S/c1-6-23(27(34)30-28(2,3)4)31(19-20-10-7-8-11-22(20)29)26(33)12-9-15-32(39(5,35)36)21-13-14-24-25(18-21)38-17-16-37-24/h7-8,10-11,13-14,18,23H,6,9,12,15-17,19H2,1-5H3,(H,30,34). The summed E-state index contributed by atoms with van der Waals surface area (Å²) in [6.07, 6.45) is 1.82. The van der Waals surface area contributed by atoms with Crippen LogP contribution in [0.1, 0.15) is 52.5 Å². The Morgan fingerprint density at radius 3 is 2.36 bits per heavy atom. The Labute approximate surface area is 236 Å². The van der Waals surface area contributed by atoms with Crippen LogP contribution >= 0.6 is 11.6 Å². The van der Waals surface area contributed by atoms with E-state index in [9.17, 15) is 18.0 Å². The normalized spacial score (nSPS) is 13.9. The molecule has 0 radical (unpaired) electrons. The summed E-state index contributed by atoms with van der Waals surface area (Å²) in [6, 6.07) is 11.5. The van der Waals surface area contributed by atoms with Crippen molar-refractivity contribution in [2.75, 3.05) is 30.3 Å². The van der Waals surface area contributed by atoms with E-state index in [2.05, 4.69) is 5.32 Å². The number of rotatable bonds is 11. The van der Waals surface area contributed by atoms with Gasteiger partial charge in [-0.2, -0.15) is 0 Å². The molecule has 39 heavy (non-hydrogen) atoms. The van der Waals surface area contributed by atoms with Gasteiger partial charge >= 0.3 is 0 Å². The molecule has 1 N–H and O–H groups in total. The number of fused-ring (bicyclic) bond motifs is 1. The molecule has 2 aromatic carbocycles. The van der Waals surface area contributed by atoms with E-state index in [-0.39, 0.29) is 37.7 Å². The van der Waals surface area contributed by atoms with Gasteiger partial charge in [-0.25, -0.2) is 8.42 Å². The number of amides is 2. The molecule has 0 saturated heterocycles. The van der Waals surface area contributed by atoms with Gasteiger partial charge in [0.1, 0.15) is 19.3 Å². The molecule has 214 valence electrons. The molecule has 0 aromatic heterocycles. The number of anilines is 1. The minimum absolute atomic E-state index is 0.0420. The molecular weight excluding hydrogens is 542 g/mol. The third kappa shape index (κ3) is 8.50. The van der Waals surface area contributed by atoms with Crippen molar-refractivity contribution in [3.8, 4) is 11.5 Å². The number of carbonyl (C=O) groups excluding carboxylic acids is 2. The van der Waals surface area contributed by atoms with Crippen LogP contribution in [0.4, 0.5) is 5.69 Å². The van der Waals surface area contributed by atoms with Gasteiger partial charge < -0.3 is 19.7 Å². The lowest BCUT2D eigenvalue weighted by molar-refractivity contribution is -0.142. The molecule has 0 spiro atoms. The summed E-state index contributed by atoms with van der Waals surface area (Å²) in [5.41, 5.74) is 0.685. The van der Waals surface area contributed by atoms with Crippen LogP contribution < -0.4 is 19.1 Å². The molecule has 0 bridgehead atoms. The topological polar surface area (TPSA) is 105 Å². The summed E-state index contributed by atoms with van der Waals surface area (Å²) < 4.78 is 37.7. The first kappa shape index (κ1) is 30.6. The third-order valence-corrected chi connectivity index (χ3v) is 7.71. The summed E-state index contributed by atoms with van der Waals surface area (Å²) in [5, 5.41) is 3.47. The second-order valence-electron chi connectivity index (χ2n) is 10.5. The first-order chi connectivity index (χ1) is 18.3. The van der Waals surface area contributed by atoms with Gasteiger partial charge in [0.2, 0.25) is 21.8 Å². The van der Waals surface area contributed by atoms with Crippen LogP contribution in [0.15, 0.2) is 42.5 Å². The second-order valence-corrected chi connectivity index (χ2v) is 12.9. The van der Waals surface area contributed by atoms with Crippen LogP contribution in [0.2, 0.25) is 5.02 Å². The number of halogens is 1. The molecule has 2 aromatic rings. The molecule has 1 aliphatic heterocycles. The Morgan fingerprint density at radius 2 is 1.74 bits per heavy atom. The molecule has 1 aliphatic rings. The Kier molecular flexibility index (Phi) is 10.1. The Hall–Kier alpha value is -2.98. The maximum absolute atomic E-state index is 13.6. The molecule has 3 rings (SSSR count). The van der Waals surface area contributed by atoms with Crippen LogP contribution in [0, 0.1) is 0 Å². The molecule has 0 fully saturated rings. The number of benzene rings is 2. The van der Waals surface area contributed by atoms with Crippen molar-refractivity contribution in [3.63, 3.8) is 0 Å². The smallest absolute Gasteiger partial charge is 0.243 e. The van der Waals surface area contributed by atoms with Gasteiger partial charge in [-0.1, -0.05) is 36.7 Å². The third-order valence-electron chi connectivity index (χ3n) is 6.15. The zero-order chi connectivity index (χ0) is 28.8. The maximum atomic E-state index is 13.6. The molecule has 1 atom stereocenters. The van der Waals surface area contributed by atoms with E-state index >= 15 is 0 Å². The number of hydrogen-bond acceptors (Lipinski definition) is 6. The Morgan fingerprint density at radius 1 is 1.08 bits per heavy atom. The molecular formula is C28H38ClN3O6S. The summed E-state index contributed by atoms with van der Waals surface area (Å²) in [4.78, 5) is 28.3. The molecule has 1 unspecified atom stereocenters. The fourth-order valence-electron chi connectivity index (χ4n) is 4.37. The highest BCUT2D eigenvalue weighted by Crippen LogP contribution is 2.35. The predicted molar refractivity (Wildman–Crippen MR) is 153 cm³/mol. The summed E-state index contributed by atoms with van der Waals surface area (Å²) in [5.74, 6) is 0.522. The van der Waals surface area contributed by atoms with Gasteiger partial charge in [-0.05, 0) is 57.4 Å². The Bertz CT molecular complexity index is 1280. The number of sulfonamides is 1. The fourth-order valence-corrected chi connectivity index (χ4v) is 5.53. The van der Waals surface area contributed by atoms with Crippen LogP contribution in [-0.4, -0.2) is 62.7 Å².